The van der Waals surface area contributed by atoms with Crippen LogP contribution >= 0.6 is 0 Å². The highest BCUT2D eigenvalue weighted by atomic mass is 16.3. The first-order chi connectivity index (χ1) is 18.3. The fourth-order valence-corrected chi connectivity index (χ4v) is 5.67. The Morgan fingerprint density at radius 2 is 1.92 bits per heavy atom. The lowest BCUT2D eigenvalue weighted by Crippen LogP contribution is -2.43. The van der Waals surface area contributed by atoms with Gasteiger partial charge in [-0.25, -0.2) is 9.97 Å². The van der Waals surface area contributed by atoms with Gasteiger partial charge in [0.05, 0.1) is 17.7 Å². The van der Waals surface area contributed by atoms with Crippen molar-refractivity contribution in [1.82, 2.24) is 39.4 Å². The maximum atomic E-state index is 13.2. The largest absolute Gasteiger partial charge is 0.386 e. The second-order valence-electron chi connectivity index (χ2n) is 10.9. The molecule has 4 heterocycles. The van der Waals surface area contributed by atoms with E-state index >= 15 is 0 Å². The summed E-state index contributed by atoms with van der Waals surface area (Å²) in [5.41, 5.74) is 2.24. The molecule has 2 N–H and O–H groups in total. The van der Waals surface area contributed by atoms with Crippen LogP contribution in [-0.4, -0.2) is 63.0 Å². The molecule has 38 heavy (non-hydrogen) atoms. The number of aryl methyl sites for hydroxylation is 1. The van der Waals surface area contributed by atoms with Crippen LogP contribution < -0.4 is 5.32 Å². The van der Waals surface area contributed by atoms with Gasteiger partial charge < -0.3 is 19.9 Å². The molecule has 0 bridgehead atoms. The number of nitrogens with one attached hydrogen (secondary N) is 1. The summed E-state index contributed by atoms with van der Waals surface area (Å²) < 4.78 is 3.87. The third-order valence-electron chi connectivity index (χ3n) is 7.78. The lowest BCUT2D eigenvalue weighted by Gasteiger charge is -2.34. The van der Waals surface area contributed by atoms with E-state index in [-0.39, 0.29) is 17.9 Å². The Labute approximate surface area is 220 Å². The molecule has 1 amide bonds. The Morgan fingerprint density at radius 3 is 2.71 bits per heavy atom. The molecule has 1 aromatic carbocycles. The zero-order valence-electron chi connectivity index (χ0n) is 22.0. The second-order valence-corrected chi connectivity index (χ2v) is 10.9. The van der Waals surface area contributed by atoms with Gasteiger partial charge in [-0.2, -0.15) is 9.67 Å². The van der Waals surface area contributed by atoms with Crippen LogP contribution in [0, 0.1) is 12.8 Å². The molecule has 1 aliphatic carbocycles. The predicted octanol–water partition coefficient (Wildman–Crippen LogP) is 2.96. The summed E-state index contributed by atoms with van der Waals surface area (Å²) in [6.07, 6.45) is 7.03. The van der Waals surface area contributed by atoms with Gasteiger partial charge in [-0.05, 0) is 52.5 Å². The number of hydrogen-bond acceptors (Lipinski definition) is 8. The molecule has 0 spiro atoms. The van der Waals surface area contributed by atoms with Gasteiger partial charge in [-0.15, -0.1) is 5.10 Å². The number of rotatable bonds is 5. The van der Waals surface area contributed by atoms with Gasteiger partial charge in [0.2, 0.25) is 11.9 Å². The van der Waals surface area contributed by atoms with E-state index in [4.69, 9.17) is 4.98 Å². The first kappa shape index (κ1) is 24.5. The quantitative estimate of drug-likeness (QED) is 0.415. The summed E-state index contributed by atoms with van der Waals surface area (Å²) in [5.74, 6) is 2.40. The summed E-state index contributed by atoms with van der Waals surface area (Å²) in [7, 11) is 0. The third kappa shape index (κ3) is 4.51. The normalized spacial score (nSPS) is 19.9. The minimum atomic E-state index is -1.03. The molecule has 198 valence electrons. The predicted molar refractivity (Wildman–Crippen MR) is 141 cm³/mol. The number of hydrogen-bond donors (Lipinski definition) is 2. The van der Waals surface area contributed by atoms with Crippen LogP contribution in [0.15, 0.2) is 36.7 Å². The zero-order chi connectivity index (χ0) is 26.4. The molecule has 0 atom stereocenters. The number of benzene rings is 1. The molecule has 0 radical (unpaired) electrons. The number of nitrogens with zero attached hydrogens (tertiary/aromatic N) is 8. The average Bonchev–Trinajstić information content (AvgIpc) is 3.51. The summed E-state index contributed by atoms with van der Waals surface area (Å²) in [4.78, 5) is 28.8. The maximum absolute atomic E-state index is 13.2. The fraction of sp³-hybridized carbons (Fsp3) is 0.481. The lowest BCUT2D eigenvalue weighted by molar-refractivity contribution is -0.138. The molecule has 1 aliphatic heterocycles. The number of fused-ring (bicyclic) bond motifs is 2. The van der Waals surface area contributed by atoms with Gasteiger partial charge in [0.15, 0.2) is 5.82 Å². The lowest BCUT2D eigenvalue weighted by atomic mass is 9.85. The van der Waals surface area contributed by atoms with E-state index in [0.717, 1.165) is 55.8 Å². The molecule has 11 nitrogen and oxygen atoms in total. The minimum Gasteiger partial charge on any atom is -0.386 e. The number of imidazole rings is 1. The van der Waals surface area contributed by atoms with E-state index in [1.165, 1.54) is 0 Å². The number of carbonyl (C=O) groups excluding carboxylic acids is 1. The van der Waals surface area contributed by atoms with Crippen molar-refractivity contribution in [2.75, 3.05) is 11.9 Å². The molecular formula is C27H33N9O2. The van der Waals surface area contributed by atoms with Crippen molar-refractivity contribution in [3.8, 4) is 5.82 Å². The molecule has 0 unspecified atom stereocenters. The Morgan fingerprint density at radius 1 is 1.11 bits per heavy atom. The van der Waals surface area contributed by atoms with E-state index in [0.29, 0.717) is 29.4 Å². The highest BCUT2D eigenvalue weighted by Gasteiger charge is 2.32. The molecule has 1 saturated carbocycles. The average molecular weight is 516 g/mol. The van der Waals surface area contributed by atoms with Crippen LogP contribution in [0.25, 0.3) is 16.9 Å². The molecule has 11 heteroatoms. The fourth-order valence-electron chi connectivity index (χ4n) is 5.67. The molecule has 4 aromatic rings. The van der Waals surface area contributed by atoms with Crippen molar-refractivity contribution in [1.29, 1.82) is 0 Å². The summed E-state index contributed by atoms with van der Waals surface area (Å²) in [5, 5.41) is 22.6. The number of aromatic nitrogens is 7. The molecule has 6 rings (SSSR count). The Hall–Kier alpha value is -3.86. The number of amides is 1. The van der Waals surface area contributed by atoms with Gasteiger partial charge >= 0.3 is 0 Å². The van der Waals surface area contributed by atoms with Crippen LogP contribution in [0.3, 0.4) is 0 Å². The molecule has 2 aliphatic rings. The van der Waals surface area contributed by atoms with Gasteiger partial charge in [0.25, 0.3) is 0 Å². The van der Waals surface area contributed by atoms with Gasteiger partial charge in [0.1, 0.15) is 11.3 Å². The van der Waals surface area contributed by atoms with Crippen LogP contribution in [-0.2, 0) is 23.5 Å². The summed E-state index contributed by atoms with van der Waals surface area (Å²) in [6, 6.07) is 7.64. The minimum absolute atomic E-state index is 0.0504. The summed E-state index contributed by atoms with van der Waals surface area (Å²) in [6.45, 7) is 7.69. The van der Waals surface area contributed by atoms with E-state index in [1.54, 1.807) is 30.8 Å². The highest BCUT2D eigenvalue weighted by molar-refractivity contribution is 5.80. The summed E-state index contributed by atoms with van der Waals surface area (Å²) >= 11 is 0. The van der Waals surface area contributed by atoms with Gasteiger partial charge in [0, 0.05) is 54.8 Å². The molecule has 1 fully saturated rings. The molecule has 3 aromatic heterocycles. The highest BCUT2D eigenvalue weighted by Crippen LogP contribution is 2.30. The van der Waals surface area contributed by atoms with Crippen molar-refractivity contribution >= 4 is 22.9 Å². The molecule has 0 saturated heterocycles. The number of anilines is 1. The smallest absolute Gasteiger partial charge is 0.226 e. The van der Waals surface area contributed by atoms with Crippen molar-refractivity contribution in [3.05, 3.63) is 53.7 Å². The van der Waals surface area contributed by atoms with Crippen molar-refractivity contribution in [2.45, 2.75) is 71.2 Å². The van der Waals surface area contributed by atoms with Crippen molar-refractivity contribution in [2.24, 2.45) is 5.92 Å². The van der Waals surface area contributed by atoms with Crippen LogP contribution in [0.4, 0.5) is 5.95 Å². The van der Waals surface area contributed by atoms with Crippen LogP contribution in [0.1, 0.15) is 56.6 Å². The van der Waals surface area contributed by atoms with Crippen LogP contribution in [0.2, 0.25) is 0 Å². The first-order valence-corrected chi connectivity index (χ1v) is 13.2. The Kier molecular flexibility index (Phi) is 6.10. The van der Waals surface area contributed by atoms with Crippen LogP contribution in [0.5, 0.6) is 0 Å². The first-order valence-electron chi connectivity index (χ1n) is 13.2. The van der Waals surface area contributed by atoms with Crippen molar-refractivity contribution < 1.29 is 9.90 Å². The van der Waals surface area contributed by atoms with Crippen molar-refractivity contribution in [3.63, 3.8) is 0 Å². The Bertz CT molecular complexity index is 1480. The van der Waals surface area contributed by atoms with E-state index in [1.807, 2.05) is 29.3 Å². The zero-order valence-corrected chi connectivity index (χ0v) is 22.0. The van der Waals surface area contributed by atoms with E-state index < -0.39 is 5.60 Å². The SMILES string of the molecule is Cc1cnc2n1CCN(C(=O)C1CCC(Nc3nccc(-n4nnc5c(C(C)(C)O)cccc54)n3)CC1)C2. The maximum Gasteiger partial charge on any atom is 0.226 e. The van der Waals surface area contributed by atoms with Gasteiger partial charge in [-0.3, -0.25) is 4.79 Å². The monoisotopic (exact) mass is 515 g/mol. The van der Waals surface area contributed by atoms with E-state index in [9.17, 15) is 9.90 Å². The number of aliphatic hydroxyl groups is 1. The second kappa shape index (κ2) is 9.46. The number of carbonyl (C=O) groups is 1. The molecular weight excluding hydrogens is 482 g/mol. The third-order valence-corrected chi connectivity index (χ3v) is 7.78. The Balaban J connectivity index is 1.10. The van der Waals surface area contributed by atoms with Gasteiger partial charge in [-0.1, -0.05) is 17.3 Å². The topological polar surface area (TPSA) is 127 Å². The standard InChI is InChI=1S/C27H33N9O2/c1-17-15-29-23-16-34(13-14-35(17)23)25(37)18-7-9-19(10-8-18)30-26-28-12-11-22(31-26)36-21-6-4-5-20(27(2,3)38)24(21)32-33-36/h4-6,11-12,15,18-19,38H,7-10,13-14,16H2,1-3H3,(H,28,30,31). The van der Waals surface area contributed by atoms with E-state index in [2.05, 4.69) is 37.1 Å².